The average molecular weight is 268 g/mol. The van der Waals surface area contributed by atoms with Gasteiger partial charge in [0.25, 0.3) is 0 Å². The molecule has 3 aromatic rings. The number of hydrogen-bond acceptors (Lipinski definition) is 1. The van der Waals surface area contributed by atoms with E-state index in [0.29, 0.717) is 5.56 Å². The summed E-state index contributed by atoms with van der Waals surface area (Å²) < 4.78 is 19.9. The Hall–Kier alpha value is -2.09. The molecule has 1 nitrogen and oxygen atoms in total. The van der Waals surface area contributed by atoms with Crippen molar-refractivity contribution in [1.82, 2.24) is 0 Å². The fraction of sp³-hybridized carbons (Fsp3) is 0.222. The number of aryl methyl sites for hydroxylation is 4. The number of fused-ring (bicyclic) bond motifs is 1. The van der Waals surface area contributed by atoms with Crippen molar-refractivity contribution in [2.45, 2.75) is 27.7 Å². The molecule has 1 aromatic heterocycles. The molecule has 0 N–H and O–H groups in total. The normalized spacial score (nSPS) is 11.2. The third-order valence-corrected chi connectivity index (χ3v) is 4.01. The van der Waals surface area contributed by atoms with Gasteiger partial charge in [-0.1, -0.05) is 18.2 Å². The summed E-state index contributed by atoms with van der Waals surface area (Å²) in [5, 5.41) is 1.10. The molecule has 0 unspecified atom stereocenters. The number of hydrogen-bond donors (Lipinski definition) is 0. The summed E-state index contributed by atoms with van der Waals surface area (Å²) >= 11 is 0. The van der Waals surface area contributed by atoms with Crippen molar-refractivity contribution in [1.29, 1.82) is 0 Å². The second-order valence-electron chi connectivity index (χ2n) is 5.38. The van der Waals surface area contributed by atoms with Gasteiger partial charge in [0.2, 0.25) is 0 Å². The minimum Gasteiger partial charge on any atom is -0.461 e. The molecule has 2 aromatic carbocycles. The van der Waals surface area contributed by atoms with Crippen LogP contribution < -0.4 is 0 Å². The highest BCUT2D eigenvalue weighted by Crippen LogP contribution is 2.35. The van der Waals surface area contributed by atoms with Gasteiger partial charge in [-0.05, 0) is 62.1 Å². The first-order valence-electron chi connectivity index (χ1n) is 6.75. The Morgan fingerprint density at radius 2 is 1.55 bits per heavy atom. The average Bonchev–Trinajstić information content (AvgIpc) is 2.68. The maximum atomic E-state index is 14.2. The molecule has 20 heavy (non-hydrogen) atoms. The Labute approximate surface area is 118 Å². The van der Waals surface area contributed by atoms with Crippen molar-refractivity contribution in [3.63, 3.8) is 0 Å². The van der Waals surface area contributed by atoms with Gasteiger partial charge in [-0.3, -0.25) is 0 Å². The Bertz CT molecular complexity index is 812. The molecule has 0 atom stereocenters. The molecule has 0 amide bonds. The van der Waals surface area contributed by atoms with Gasteiger partial charge < -0.3 is 4.42 Å². The molecule has 0 aliphatic carbocycles. The number of rotatable bonds is 1. The fourth-order valence-electron chi connectivity index (χ4n) is 2.79. The molecular formula is C18H17FO. The van der Waals surface area contributed by atoms with Crippen LogP contribution in [-0.2, 0) is 0 Å². The molecular weight excluding hydrogens is 251 g/mol. The van der Waals surface area contributed by atoms with E-state index < -0.39 is 0 Å². The highest BCUT2D eigenvalue weighted by Gasteiger charge is 2.15. The van der Waals surface area contributed by atoms with Crippen LogP contribution in [0, 0.1) is 33.5 Å². The van der Waals surface area contributed by atoms with E-state index in [1.165, 1.54) is 0 Å². The maximum absolute atomic E-state index is 14.2. The smallest absolute Gasteiger partial charge is 0.134 e. The molecule has 0 radical (unpaired) electrons. The van der Waals surface area contributed by atoms with Crippen molar-refractivity contribution in [3.8, 4) is 11.1 Å². The van der Waals surface area contributed by atoms with Crippen LogP contribution in [0.2, 0.25) is 0 Å². The van der Waals surface area contributed by atoms with Gasteiger partial charge in [0.05, 0.1) is 0 Å². The quantitative estimate of drug-likeness (QED) is 0.570. The standard InChI is InChI=1S/C18H17FO/c1-10-5-6-15(16(19)9-10)14-7-8-17-18(12(14)3)11(2)13(4)20-17/h5-9H,1-4H3. The van der Waals surface area contributed by atoms with Crippen molar-refractivity contribution in [2.75, 3.05) is 0 Å². The fourth-order valence-corrected chi connectivity index (χ4v) is 2.79. The van der Waals surface area contributed by atoms with Gasteiger partial charge in [-0.2, -0.15) is 0 Å². The second kappa shape index (κ2) is 4.48. The van der Waals surface area contributed by atoms with Gasteiger partial charge in [-0.25, -0.2) is 4.39 Å². The molecule has 1 heterocycles. The van der Waals surface area contributed by atoms with Gasteiger partial charge in [0.15, 0.2) is 0 Å². The number of benzene rings is 2. The molecule has 102 valence electrons. The van der Waals surface area contributed by atoms with Crippen LogP contribution in [0.15, 0.2) is 34.7 Å². The summed E-state index contributed by atoms with van der Waals surface area (Å²) in [4.78, 5) is 0. The van der Waals surface area contributed by atoms with E-state index in [2.05, 4.69) is 0 Å². The Morgan fingerprint density at radius 1 is 0.850 bits per heavy atom. The molecule has 0 aliphatic rings. The van der Waals surface area contributed by atoms with E-state index >= 15 is 0 Å². The summed E-state index contributed by atoms with van der Waals surface area (Å²) in [6.07, 6.45) is 0. The van der Waals surface area contributed by atoms with Gasteiger partial charge in [0, 0.05) is 10.9 Å². The first kappa shape index (κ1) is 12.9. The summed E-state index contributed by atoms with van der Waals surface area (Å²) in [6.45, 7) is 7.93. The maximum Gasteiger partial charge on any atom is 0.134 e. The van der Waals surface area contributed by atoms with Crippen LogP contribution in [-0.4, -0.2) is 0 Å². The molecule has 0 fully saturated rings. The minimum absolute atomic E-state index is 0.176. The van der Waals surface area contributed by atoms with E-state index in [1.54, 1.807) is 6.07 Å². The Morgan fingerprint density at radius 3 is 2.25 bits per heavy atom. The first-order chi connectivity index (χ1) is 9.49. The second-order valence-corrected chi connectivity index (χ2v) is 5.38. The van der Waals surface area contributed by atoms with Crippen molar-refractivity contribution in [3.05, 3.63) is 58.6 Å². The Kier molecular flexibility index (Phi) is 2.89. The molecule has 3 rings (SSSR count). The largest absolute Gasteiger partial charge is 0.461 e. The van der Waals surface area contributed by atoms with Crippen molar-refractivity contribution < 1.29 is 8.81 Å². The van der Waals surface area contributed by atoms with E-state index in [4.69, 9.17) is 4.42 Å². The lowest BCUT2D eigenvalue weighted by Gasteiger charge is -2.09. The highest BCUT2D eigenvalue weighted by atomic mass is 19.1. The van der Waals surface area contributed by atoms with E-state index in [0.717, 1.165) is 39.0 Å². The van der Waals surface area contributed by atoms with E-state index in [9.17, 15) is 4.39 Å². The summed E-state index contributed by atoms with van der Waals surface area (Å²) in [7, 11) is 0. The third-order valence-electron chi connectivity index (χ3n) is 4.01. The molecule has 0 bridgehead atoms. The number of furan rings is 1. The SMILES string of the molecule is Cc1ccc(-c2ccc3oc(C)c(C)c3c2C)c(F)c1. The Balaban J connectivity index is 2.32. The zero-order valence-corrected chi connectivity index (χ0v) is 12.2. The molecule has 0 aliphatic heterocycles. The van der Waals surface area contributed by atoms with Crippen molar-refractivity contribution >= 4 is 11.0 Å². The lowest BCUT2D eigenvalue weighted by atomic mass is 9.95. The van der Waals surface area contributed by atoms with Crippen LogP contribution in [0.25, 0.3) is 22.1 Å². The van der Waals surface area contributed by atoms with Gasteiger partial charge >= 0.3 is 0 Å². The molecule has 0 spiro atoms. The lowest BCUT2D eigenvalue weighted by Crippen LogP contribution is -1.90. The summed E-state index contributed by atoms with van der Waals surface area (Å²) in [5.41, 5.74) is 5.58. The van der Waals surface area contributed by atoms with Crippen LogP contribution in [0.1, 0.15) is 22.5 Å². The zero-order chi connectivity index (χ0) is 14.4. The van der Waals surface area contributed by atoms with E-state index in [1.807, 2.05) is 52.0 Å². The van der Waals surface area contributed by atoms with Gasteiger partial charge in [0.1, 0.15) is 17.2 Å². The highest BCUT2D eigenvalue weighted by molar-refractivity contribution is 5.91. The number of halogens is 1. The lowest BCUT2D eigenvalue weighted by molar-refractivity contribution is 0.575. The van der Waals surface area contributed by atoms with Gasteiger partial charge in [-0.15, -0.1) is 0 Å². The van der Waals surface area contributed by atoms with Crippen LogP contribution in [0.4, 0.5) is 4.39 Å². The van der Waals surface area contributed by atoms with Crippen molar-refractivity contribution in [2.24, 2.45) is 0 Å². The van der Waals surface area contributed by atoms with E-state index in [-0.39, 0.29) is 5.82 Å². The molecule has 0 saturated carbocycles. The monoisotopic (exact) mass is 268 g/mol. The first-order valence-corrected chi connectivity index (χ1v) is 6.75. The predicted octanol–water partition coefficient (Wildman–Crippen LogP) is 5.47. The molecule has 0 saturated heterocycles. The zero-order valence-electron chi connectivity index (χ0n) is 12.2. The third kappa shape index (κ3) is 1.83. The predicted molar refractivity (Wildman–Crippen MR) is 80.6 cm³/mol. The summed E-state index contributed by atoms with van der Waals surface area (Å²) in [5.74, 6) is 0.745. The summed E-state index contributed by atoms with van der Waals surface area (Å²) in [6, 6.07) is 9.23. The minimum atomic E-state index is -0.176. The van der Waals surface area contributed by atoms with Crippen LogP contribution in [0.5, 0.6) is 0 Å². The molecule has 2 heteroatoms. The topological polar surface area (TPSA) is 13.1 Å². The van der Waals surface area contributed by atoms with Crippen LogP contribution in [0.3, 0.4) is 0 Å². The van der Waals surface area contributed by atoms with Crippen LogP contribution >= 0.6 is 0 Å².